The van der Waals surface area contributed by atoms with Gasteiger partial charge in [0.25, 0.3) is 0 Å². The fourth-order valence-electron chi connectivity index (χ4n) is 0.953. The third-order valence-corrected chi connectivity index (χ3v) is 1.73. The lowest BCUT2D eigenvalue weighted by Crippen LogP contribution is -2.49. The summed E-state index contributed by atoms with van der Waals surface area (Å²) < 4.78 is 9.35. The minimum Gasteiger partial charge on any atom is -0.466 e. The first kappa shape index (κ1) is 13.9. The van der Waals surface area contributed by atoms with Crippen LogP contribution < -0.4 is 11.5 Å². The fourth-order valence-corrected chi connectivity index (χ4v) is 0.953. The van der Waals surface area contributed by atoms with Crippen LogP contribution >= 0.6 is 0 Å². The molecule has 0 aromatic rings. The molecule has 0 heterocycles. The molecule has 0 aliphatic heterocycles. The molecule has 6 heteroatoms. The molecule has 0 amide bonds. The van der Waals surface area contributed by atoms with E-state index in [0.29, 0.717) is 0 Å². The summed E-state index contributed by atoms with van der Waals surface area (Å²) in [6.45, 7) is 3.87. The minimum absolute atomic E-state index is 0.0895. The van der Waals surface area contributed by atoms with Crippen molar-refractivity contribution in [1.29, 1.82) is 0 Å². The van der Waals surface area contributed by atoms with E-state index < -0.39 is 24.0 Å². The summed E-state index contributed by atoms with van der Waals surface area (Å²) in [6.07, 6.45) is -0.0895. The summed E-state index contributed by atoms with van der Waals surface area (Å²) in [6, 6.07) is -1.77. The highest BCUT2D eigenvalue weighted by atomic mass is 16.5. The predicted molar refractivity (Wildman–Crippen MR) is 53.8 cm³/mol. The zero-order valence-corrected chi connectivity index (χ0v) is 9.06. The summed E-state index contributed by atoms with van der Waals surface area (Å²) in [5.41, 5.74) is 11.0. The van der Waals surface area contributed by atoms with E-state index >= 15 is 0 Å². The smallest absolute Gasteiger partial charge is 0.324 e. The highest BCUT2D eigenvalue weighted by Crippen LogP contribution is 1.98. The lowest BCUT2D eigenvalue weighted by atomic mass is 10.1. The number of carbonyl (C=O) groups is 2. The topological polar surface area (TPSA) is 105 Å². The minimum atomic E-state index is -0.991. The zero-order chi connectivity index (χ0) is 11.8. The van der Waals surface area contributed by atoms with E-state index in [1.165, 1.54) is 0 Å². The standard InChI is InChI=1S/C9H18N2O4/c1-3-14-7(12)5-6(10)8(11)9(13)15-4-2/h6,8H,3-5,10-11H2,1-2H3. The lowest BCUT2D eigenvalue weighted by Gasteiger charge is -2.17. The van der Waals surface area contributed by atoms with Gasteiger partial charge in [0.2, 0.25) is 0 Å². The van der Waals surface area contributed by atoms with Crippen molar-refractivity contribution >= 4 is 11.9 Å². The van der Waals surface area contributed by atoms with Gasteiger partial charge in [-0.15, -0.1) is 0 Å². The molecule has 0 aliphatic carbocycles. The maximum absolute atomic E-state index is 11.1. The molecular weight excluding hydrogens is 200 g/mol. The van der Waals surface area contributed by atoms with Crippen LogP contribution in [0.1, 0.15) is 20.3 Å². The van der Waals surface area contributed by atoms with Crippen molar-refractivity contribution in [3.05, 3.63) is 0 Å². The molecule has 0 bridgehead atoms. The molecule has 0 radical (unpaired) electrons. The van der Waals surface area contributed by atoms with Gasteiger partial charge in [-0.25, -0.2) is 0 Å². The number of rotatable bonds is 6. The molecule has 2 unspecified atom stereocenters. The zero-order valence-electron chi connectivity index (χ0n) is 9.06. The molecule has 0 spiro atoms. The number of hydrogen-bond donors (Lipinski definition) is 2. The van der Waals surface area contributed by atoms with E-state index in [9.17, 15) is 9.59 Å². The lowest BCUT2D eigenvalue weighted by molar-refractivity contribution is -0.146. The van der Waals surface area contributed by atoms with Crippen molar-refractivity contribution in [2.45, 2.75) is 32.4 Å². The predicted octanol–water partition coefficient (Wildman–Crippen LogP) is -0.843. The van der Waals surface area contributed by atoms with Crippen LogP contribution in [0.25, 0.3) is 0 Å². The maximum atomic E-state index is 11.1. The summed E-state index contributed by atoms with van der Waals surface area (Å²) >= 11 is 0. The number of hydrogen-bond acceptors (Lipinski definition) is 6. The van der Waals surface area contributed by atoms with Gasteiger partial charge in [-0.3, -0.25) is 9.59 Å². The second-order valence-electron chi connectivity index (χ2n) is 2.95. The first-order valence-corrected chi connectivity index (χ1v) is 4.86. The molecule has 0 rings (SSSR count). The number of carbonyl (C=O) groups excluding carboxylic acids is 2. The van der Waals surface area contributed by atoms with E-state index in [1.807, 2.05) is 0 Å². The van der Waals surface area contributed by atoms with Crippen molar-refractivity contribution < 1.29 is 19.1 Å². The van der Waals surface area contributed by atoms with Crippen LogP contribution in [-0.2, 0) is 19.1 Å². The molecule has 0 fully saturated rings. The molecule has 0 aromatic heterocycles. The fraction of sp³-hybridized carbons (Fsp3) is 0.778. The van der Waals surface area contributed by atoms with Gasteiger partial charge < -0.3 is 20.9 Å². The van der Waals surface area contributed by atoms with Crippen LogP contribution in [0.4, 0.5) is 0 Å². The summed E-state index contributed by atoms with van der Waals surface area (Å²) in [5.74, 6) is -1.07. The van der Waals surface area contributed by atoms with Gasteiger partial charge in [-0.05, 0) is 13.8 Å². The van der Waals surface area contributed by atoms with E-state index in [2.05, 4.69) is 9.47 Å². The highest BCUT2D eigenvalue weighted by Gasteiger charge is 2.25. The van der Waals surface area contributed by atoms with E-state index in [4.69, 9.17) is 11.5 Å². The van der Waals surface area contributed by atoms with Crippen molar-refractivity contribution in [1.82, 2.24) is 0 Å². The second kappa shape index (κ2) is 7.19. The van der Waals surface area contributed by atoms with Crippen LogP contribution in [0, 0.1) is 0 Å². The number of esters is 2. The first-order chi connectivity index (χ1) is 7.02. The van der Waals surface area contributed by atoms with Crippen LogP contribution in [-0.4, -0.2) is 37.2 Å². The van der Waals surface area contributed by atoms with Crippen LogP contribution in [0.15, 0.2) is 0 Å². The van der Waals surface area contributed by atoms with Crippen molar-refractivity contribution in [2.24, 2.45) is 11.5 Å². The Morgan fingerprint density at radius 3 is 2.13 bits per heavy atom. The van der Waals surface area contributed by atoms with Crippen LogP contribution in [0.5, 0.6) is 0 Å². The van der Waals surface area contributed by atoms with Gasteiger partial charge in [0, 0.05) is 6.04 Å². The molecule has 0 aliphatic rings. The Morgan fingerprint density at radius 1 is 1.13 bits per heavy atom. The van der Waals surface area contributed by atoms with E-state index in [1.54, 1.807) is 13.8 Å². The molecule has 0 saturated heterocycles. The normalized spacial score (nSPS) is 14.1. The average molecular weight is 218 g/mol. The second-order valence-corrected chi connectivity index (χ2v) is 2.95. The van der Waals surface area contributed by atoms with Crippen molar-refractivity contribution in [2.75, 3.05) is 13.2 Å². The number of nitrogens with two attached hydrogens (primary N) is 2. The third kappa shape index (κ3) is 5.34. The molecule has 6 nitrogen and oxygen atoms in total. The van der Waals surface area contributed by atoms with Crippen LogP contribution in [0.2, 0.25) is 0 Å². The Labute approximate surface area is 88.9 Å². The number of ether oxygens (including phenoxy) is 2. The van der Waals surface area contributed by atoms with Crippen LogP contribution in [0.3, 0.4) is 0 Å². The molecule has 4 N–H and O–H groups in total. The molecular formula is C9H18N2O4. The highest BCUT2D eigenvalue weighted by molar-refractivity contribution is 5.78. The average Bonchev–Trinajstić information content (AvgIpc) is 2.17. The summed E-state index contributed by atoms with van der Waals surface area (Å²) in [7, 11) is 0. The van der Waals surface area contributed by atoms with E-state index in [0.717, 1.165) is 0 Å². The summed E-state index contributed by atoms with van der Waals surface area (Å²) in [4.78, 5) is 22.2. The molecule has 88 valence electrons. The molecule has 0 aromatic carbocycles. The Hall–Kier alpha value is -1.14. The van der Waals surface area contributed by atoms with Gasteiger partial charge in [-0.2, -0.15) is 0 Å². The monoisotopic (exact) mass is 218 g/mol. The Bertz CT molecular complexity index is 220. The SMILES string of the molecule is CCOC(=O)CC(N)C(N)C(=O)OCC. The third-order valence-electron chi connectivity index (χ3n) is 1.73. The van der Waals surface area contributed by atoms with E-state index in [-0.39, 0.29) is 19.6 Å². The Balaban J connectivity index is 4.02. The van der Waals surface area contributed by atoms with Gasteiger partial charge in [0.1, 0.15) is 6.04 Å². The van der Waals surface area contributed by atoms with Gasteiger partial charge in [0.05, 0.1) is 19.6 Å². The van der Waals surface area contributed by atoms with Gasteiger partial charge in [-0.1, -0.05) is 0 Å². The Morgan fingerprint density at radius 2 is 1.67 bits per heavy atom. The summed E-state index contributed by atoms with van der Waals surface area (Å²) in [5, 5.41) is 0. The first-order valence-electron chi connectivity index (χ1n) is 4.86. The van der Waals surface area contributed by atoms with Crippen molar-refractivity contribution in [3.8, 4) is 0 Å². The van der Waals surface area contributed by atoms with Gasteiger partial charge in [0.15, 0.2) is 0 Å². The maximum Gasteiger partial charge on any atom is 0.324 e. The Kier molecular flexibility index (Phi) is 6.64. The largest absolute Gasteiger partial charge is 0.466 e. The van der Waals surface area contributed by atoms with Gasteiger partial charge >= 0.3 is 11.9 Å². The van der Waals surface area contributed by atoms with Crippen molar-refractivity contribution in [3.63, 3.8) is 0 Å². The molecule has 15 heavy (non-hydrogen) atoms. The molecule has 2 atom stereocenters. The quantitative estimate of drug-likeness (QED) is 0.563. The molecule has 0 saturated carbocycles.